The van der Waals surface area contributed by atoms with E-state index in [1.54, 1.807) is 0 Å². The molecule has 0 bridgehead atoms. The van der Waals surface area contributed by atoms with Gasteiger partial charge < -0.3 is 24.8 Å². The van der Waals surface area contributed by atoms with Crippen molar-refractivity contribution in [1.29, 1.82) is 0 Å². The number of fused-ring (bicyclic) bond motifs is 1. The van der Waals surface area contributed by atoms with E-state index in [1.807, 2.05) is 0 Å². The van der Waals surface area contributed by atoms with Gasteiger partial charge >= 0.3 is 12.1 Å². The van der Waals surface area contributed by atoms with E-state index >= 15 is 0 Å². The summed E-state index contributed by atoms with van der Waals surface area (Å²) in [6.45, 7) is 3.86. The number of β-lactam (4-membered cyclic amide) rings is 1. The lowest BCUT2D eigenvalue weighted by Gasteiger charge is -2.51. The first kappa shape index (κ1) is 33.7. The molecule has 0 aliphatic carbocycles. The molecule has 0 spiro atoms. The predicted molar refractivity (Wildman–Crippen MR) is 159 cm³/mol. The summed E-state index contributed by atoms with van der Waals surface area (Å²) in [5.41, 5.74) is -1.35. The quantitative estimate of drug-likeness (QED) is 0.137. The Labute approximate surface area is 264 Å². The van der Waals surface area contributed by atoms with Crippen molar-refractivity contribution in [2.75, 3.05) is 12.3 Å². The minimum atomic E-state index is -1.97. The number of nitrogens with zero attached hydrogens (tertiary/aromatic N) is 3. The molecule has 16 nitrogen and oxygen atoms in total. The second-order valence-corrected chi connectivity index (χ2v) is 12.7. The fourth-order valence-electron chi connectivity index (χ4n) is 5.64. The maximum Gasteiger partial charge on any atom is 0.509 e. The maximum absolute atomic E-state index is 13.6. The first-order chi connectivity index (χ1) is 21.6. The molecule has 17 heteroatoms. The van der Waals surface area contributed by atoms with Crippen LogP contribution in [0.3, 0.4) is 0 Å². The Hall–Kier alpha value is -5.19. The normalized spacial score (nSPS) is 19.5. The Balaban J connectivity index is 1.60. The molecule has 2 N–H and O–H groups in total. The van der Waals surface area contributed by atoms with Crippen molar-refractivity contribution in [3.63, 3.8) is 0 Å². The van der Waals surface area contributed by atoms with Gasteiger partial charge in [-0.15, -0.1) is 0 Å². The molecule has 0 aromatic heterocycles. The number of aliphatic carboxylic acids is 1. The predicted octanol–water partition coefficient (Wildman–Crippen LogP) is 2.82. The highest BCUT2D eigenvalue weighted by Gasteiger charge is 2.65. The highest BCUT2D eigenvalue weighted by atomic mass is 32.2. The zero-order valence-corrected chi connectivity index (χ0v) is 25.7. The average molecular weight is 659 g/mol. The number of amides is 2. The number of non-ortho nitro benzene ring substituents is 2. The molecule has 2 aromatic carbocycles. The fraction of sp³-hybridized carbons (Fsp3) is 0.379. The summed E-state index contributed by atoms with van der Waals surface area (Å²) >= 11 is 0. The lowest BCUT2D eigenvalue weighted by Crippen LogP contribution is -2.68. The highest BCUT2D eigenvalue weighted by molar-refractivity contribution is 7.89. The smallest absolute Gasteiger partial charge is 0.477 e. The summed E-state index contributed by atoms with van der Waals surface area (Å²) in [5, 5.41) is 34.7. The van der Waals surface area contributed by atoms with Gasteiger partial charge in [0.1, 0.15) is 17.9 Å². The van der Waals surface area contributed by atoms with Gasteiger partial charge in [-0.25, -0.2) is 9.59 Å². The number of ether oxygens (including phenoxy) is 2. The summed E-state index contributed by atoms with van der Waals surface area (Å²) < 4.78 is 24.3. The van der Waals surface area contributed by atoms with Crippen LogP contribution in [0.4, 0.5) is 16.2 Å². The molecular formula is C29H30N4O12S. The number of carbonyl (C=O) groups is 4. The van der Waals surface area contributed by atoms with Crippen LogP contribution in [-0.2, 0) is 47.7 Å². The van der Waals surface area contributed by atoms with Crippen LogP contribution in [0.15, 0.2) is 59.1 Å². The zero-order valence-electron chi connectivity index (χ0n) is 24.9. The van der Waals surface area contributed by atoms with Crippen LogP contribution in [0.25, 0.3) is 0 Å². The third-order valence-electron chi connectivity index (χ3n) is 7.68. The Morgan fingerprint density at radius 1 is 1.00 bits per heavy atom. The lowest BCUT2D eigenvalue weighted by molar-refractivity contribution is -0.385. The van der Waals surface area contributed by atoms with Crippen molar-refractivity contribution in [1.82, 2.24) is 10.2 Å². The number of carbonyl (C=O) groups excluding carboxylic acids is 3. The molecule has 2 heterocycles. The van der Waals surface area contributed by atoms with Crippen molar-refractivity contribution in [2.24, 2.45) is 11.8 Å². The number of benzene rings is 2. The van der Waals surface area contributed by atoms with Crippen LogP contribution in [0.5, 0.6) is 0 Å². The van der Waals surface area contributed by atoms with E-state index in [0.29, 0.717) is 11.1 Å². The maximum atomic E-state index is 13.6. The number of hydrogen-bond acceptors (Lipinski definition) is 11. The van der Waals surface area contributed by atoms with E-state index in [4.69, 9.17) is 9.47 Å². The molecule has 2 unspecified atom stereocenters. The van der Waals surface area contributed by atoms with Crippen LogP contribution < -0.4 is 5.32 Å². The van der Waals surface area contributed by atoms with E-state index < -0.39 is 67.9 Å². The third-order valence-corrected chi connectivity index (χ3v) is 9.24. The van der Waals surface area contributed by atoms with E-state index in [1.165, 1.54) is 69.3 Å². The molecule has 2 amide bonds. The number of carboxylic acids is 1. The summed E-state index contributed by atoms with van der Waals surface area (Å²) in [6, 6.07) is 9.87. The van der Waals surface area contributed by atoms with Gasteiger partial charge in [0.15, 0.2) is 0 Å². The molecule has 244 valence electrons. The number of rotatable bonds is 13. The van der Waals surface area contributed by atoms with Gasteiger partial charge in [-0.1, -0.05) is 12.1 Å². The number of nitro benzene ring substituents is 2. The minimum Gasteiger partial charge on any atom is -0.477 e. The number of carboxylic acid groups (broad SMARTS) is 1. The molecule has 1 saturated heterocycles. The third kappa shape index (κ3) is 7.03. The van der Waals surface area contributed by atoms with Crippen LogP contribution in [0.1, 0.15) is 31.9 Å². The van der Waals surface area contributed by atoms with Gasteiger partial charge in [0.05, 0.1) is 37.5 Å². The van der Waals surface area contributed by atoms with Gasteiger partial charge in [-0.05, 0) is 43.5 Å². The Bertz CT molecular complexity index is 1640. The minimum absolute atomic E-state index is 0.0279. The summed E-state index contributed by atoms with van der Waals surface area (Å²) in [5.74, 6) is -4.65. The van der Waals surface area contributed by atoms with Crippen molar-refractivity contribution in [3.8, 4) is 0 Å². The SMILES string of the molecule is CC(=O)NCCS(=O)C1=C(C(=O)O)N2C(=O)[C@H](C(C)(C)OC(=O)OCc3ccc([N+](=O)[O-])cc3)[C@@H]2C1Cc1ccc([N+](=O)[O-])cc1. The van der Waals surface area contributed by atoms with Gasteiger partial charge in [-0.3, -0.25) is 34.0 Å². The summed E-state index contributed by atoms with van der Waals surface area (Å²) in [7, 11) is -1.97. The molecule has 1 fully saturated rings. The Kier molecular flexibility index (Phi) is 9.84. The molecule has 4 rings (SSSR count). The molecule has 2 aromatic rings. The molecular weight excluding hydrogens is 628 g/mol. The molecule has 2 aliphatic heterocycles. The van der Waals surface area contributed by atoms with Crippen LogP contribution in [-0.4, -0.2) is 71.9 Å². The van der Waals surface area contributed by atoms with Crippen LogP contribution >= 0.6 is 0 Å². The summed E-state index contributed by atoms with van der Waals surface area (Å²) in [4.78, 5) is 72.0. The Morgan fingerprint density at radius 3 is 2.04 bits per heavy atom. The first-order valence-corrected chi connectivity index (χ1v) is 15.2. The number of hydrogen-bond donors (Lipinski definition) is 2. The zero-order chi connectivity index (χ0) is 33.9. The fourth-order valence-corrected chi connectivity index (χ4v) is 7.11. The topological polar surface area (TPSA) is 226 Å². The van der Waals surface area contributed by atoms with Gasteiger partial charge in [0.25, 0.3) is 11.4 Å². The van der Waals surface area contributed by atoms with E-state index in [0.717, 1.165) is 4.90 Å². The van der Waals surface area contributed by atoms with Crippen molar-refractivity contribution < 1.29 is 47.8 Å². The number of nitro groups is 2. The molecule has 4 atom stereocenters. The standard InChI is InChI=1S/C29H30N4O12S/c1-16(34)30-12-13-46(43)25-21(14-17-4-8-19(9-5-17)32(39)40)23-22(26(35)31(23)24(25)27(36)37)29(2,3)45-28(38)44-15-18-6-10-20(11-7-18)33(41)42/h4-11,21-23H,12-15H2,1-3H3,(H,30,34)(H,36,37)/t21?,22-,23+,46?/m1/s1. The molecule has 0 saturated carbocycles. The molecule has 0 radical (unpaired) electrons. The molecule has 46 heavy (non-hydrogen) atoms. The van der Waals surface area contributed by atoms with Gasteiger partial charge in [0.2, 0.25) is 11.8 Å². The second-order valence-electron chi connectivity index (χ2n) is 11.1. The van der Waals surface area contributed by atoms with Crippen LogP contribution in [0, 0.1) is 32.1 Å². The highest BCUT2D eigenvalue weighted by Crippen LogP contribution is 2.52. The van der Waals surface area contributed by atoms with Crippen molar-refractivity contribution in [3.05, 3.63) is 90.5 Å². The Morgan fingerprint density at radius 2 is 1.54 bits per heavy atom. The van der Waals surface area contributed by atoms with E-state index in [9.17, 15) is 48.7 Å². The lowest BCUT2D eigenvalue weighted by atomic mass is 9.71. The first-order valence-electron chi connectivity index (χ1n) is 13.9. The van der Waals surface area contributed by atoms with Crippen molar-refractivity contribution >= 4 is 46.1 Å². The molecule has 2 aliphatic rings. The monoisotopic (exact) mass is 658 g/mol. The van der Waals surface area contributed by atoms with E-state index in [2.05, 4.69) is 5.32 Å². The summed E-state index contributed by atoms with van der Waals surface area (Å²) in [6.07, 6.45) is -1.10. The number of nitrogens with one attached hydrogen (secondary N) is 1. The average Bonchev–Trinajstić information content (AvgIpc) is 3.25. The van der Waals surface area contributed by atoms with Gasteiger partial charge in [-0.2, -0.15) is 0 Å². The largest absolute Gasteiger partial charge is 0.509 e. The van der Waals surface area contributed by atoms with Crippen LogP contribution in [0.2, 0.25) is 0 Å². The van der Waals surface area contributed by atoms with Gasteiger partial charge in [0, 0.05) is 49.4 Å². The second kappa shape index (κ2) is 13.4. The van der Waals surface area contributed by atoms with Crippen molar-refractivity contribution in [2.45, 2.75) is 45.4 Å². The van der Waals surface area contributed by atoms with E-state index in [-0.39, 0.29) is 47.5 Å².